The first-order valence-corrected chi connectivity index (χ1v) is 4.86. The molecule has 1 aromatic rings. The topological polar surface area (TPSA) is 38.3 Å². The van der Waals surface area contributed by atoms with Crippen molar-refractivity contribution in [2.45, 2.75) is 19.1 Å². The molecule has 0 spiro atoms. The number of benzene rings is 1. The molecule has 2 unspecified atom stereocenters. The Morgan fingerprint density at radius 1 is 1.40 bits per heavy atom. The number of carbonyl (C=O) groups excluding carboxylic acids is 1. The van der Waals surface area contributed by atoms with E-state index >= 15 is 0 Å². The van der Waals surface area contributed by atoms with Crippen molar-refractivity contribution in [2.24, 2.45) is 0 Å². The lowest BCUT2D eigenvalue weighted by Crippen LogP contribution is -2.49. The normalized spacial score (nSPS) is 23.9. The fourth-order valence-corrected chi connectivity index (χ4v) is 1.70. The zero-order chi connectivity index (χ0) is 10.8. The van der Waals surface area contributed by atoms with Crippen LogP contribution in [0.4, 0.5) is 0 Å². The maximum atomic E-state index is 10.9. The van der Waals surface area contributed by atoms with Crippen molar-refractivity contribution >= 4 is 5.97 Å². The van der Waals surface area contributed by atoms with E-state index in [0.29, 0.717) is 0 Å². The number of esters is 1. The first kappa shape index (κ1) is 9.77. The fourth-order valence-electron chi connectivity index (χ4n) is 1.70. The second-order valence-corrected chi connectivity index (χ2v) is 3.59. The van der Waals surface area contributed by atoms with Crippen molar-refractivity contribution < 1.29 is 9.53 Å². The molecule has 78 valence electrons. The van der Waals surface area contributed by atoms with Crippen LogP contribution in [0.2, 0.25) is 0 Å². The highest BCUT2D eigenvalue weighted by atomic mass is 16.5. The Bertz CT molecular complexity index is 386. The van der Waals surface area contributed by atoms with Crippen LogP contribution in [0.3, 0.4) is 0 Å². The van der Waals surface area contributed by atoms with Crippen molar-refractivity contribution in [3.8, 4) is 0 Å². The highest BCUT2D eigenvalue weighted by molar-refractivity contribution is 5.67. The summed E-state index contributed by atoms with van der Waals surface area (Å²) >= 11 is 0. The van der Waals surface area contributed by atoms with Gasteiger partial charge in [-0.1, -0.05) is 36.9 Å². The molecule has 1 aromatic carbocycles. The third-order valence-corrected chi connectivity index (χ3v) is 2.44. The minimum atomic E-state index is -0.274. The van der Waals surface area contributed by atoms with Crippen molar-refractivity contribution in [3.05, 3.63) is 48.2 Å². The van der Waals surface area contributed by atoms with Gasteiger partial charge >= 0.3 is 5.97 Å². The van der Waals surface area contributed by atoms with Gasteiger partial charge in [-0.05, 0) is 5.56 Å². The number of rotatable bonds is 2. The smallest absolute Gasteiger partial charge is 0.303 e. The number of ether oxygens (including phenoxy) is 1. The van der Waals surface area contributed by atoms with Crippen LogP contribution < -0.4 is 5.32 Å². The van der Waals surface area contributed by atoms with Gasteiger partial charge in [0.05, 0.1) is 6.04 Å². The Balaban J connectivity index is 2.12. The van der Waals surface area contributed by atoms with E-state index in [1.807, 2.05) is 30.3 Å². The Hall–Kier alpha value is -1.77. The van der Waals surface area contributed by atoms with Gasteiger partial charge in [0.25, 0.3) is 0 Å². The van der Waals surface area contributed by atoms with Crippen LogP contribution in [-0.4, -0.2) is 12.1 Å². The van der Waals surface area contributed by atoms with Crippen LogP contribution in [0, 0.1) is 0 Å². The first-order chi connectivity index (χ1) is 7.18. The average molecular weight is 203 g/mol. The largest absolute Gasteiger partial charge is 0.454 e. The van der Waals surface area contributed by atoms with Gasteiger partial charge in [0.2, 0.25) is 0 Å². The third kappa shape index (κ3) is 1.86. The average Bonchev–Trinajstić information content (AvgIpc) is 2.24. The van der Waals surface area contributed by atoms with Gasteiger partial charge in [0.15, 0.2) is 6.10 Å². The molecular weight excluding hydrogens is 190 g/mol. The SMILES string of the molecule is C=C1NC(c2ccccc2)C1OC(C)=O. The van der Waals surface area contributed by atoms with Crippen LogP contribution in [0.5, 0.6) is 0 Å². The Labute approximate surface area is 88.8 Å². The molecule has 0 saturated carbocycles. The Morgan fingerprint density at radius 2 is 2.07 bits per heavy atom. The second-order valence-electron chi connectivity index (χ2n) is 3.59. The van der Waals surface area contributed by atoms with Gasteiger partial charge in [0.1, 0.15) is 0 Å². The van der Waals surface area contributed by atoms with E-state index in [4.69, 9.17) is 4.74 Å². The molecule has 1 heterocycles. The van der Waals surface area contributed by atoms with E-state index in [-0.39, 0.29) is 18.1 Å². The predicted molar refractivity (Wildman–Crippen MR) is 57.0 cm³/mol. The summed E-state index contributed by atoms with van der Waals surface area (Å²) in [7, 11) is 0. The molecule has 0 aliphatic carbocycles. The van der Waals surface area contributed by atoms with E-state index in [1.165, 1.54) is 6.92 Å². The lowest BCUT2D eigenvalue weighted by molar-refractivity contribution is -0.148. The number of hydrogen-bond donors (Lipinski definition) is 1. The highest BCUT2D eigenvalue weighted by Gasteiger charge is 2.37. The molecule has 2 atom stereocenters. The van der Waals surface area contributed by atoms with Crippen molar-refractivity contribution in [1.29, 1.82) is 0 Å². The van der Waals surface area contributed by atoms with E-state index in [2.05, 4.69) is 11.9 Å². The summed E-state index contributed by atoms with van der Waals surface area (Å²) in [4.78, 5) is 10.9. The summed E-state index contributed by atoms with van der Waals surface area (Å²) in [6.45, 7) is 5.19. The molecule has 0 amide bonds. The molecule has 3 heteroatoms. The zero-order valence-electron chi connectivity index (χ0n) is 8.57. The number of carbonyl (C=O) groups is 1. The van der Waals surface area contributed by atoms with E-state index in [0.717, 1.165) is 11.3 Å². The molecule has 1 N–H and O–H groups in total. The summed E-state index contributed by atoms with van der Waals surface area (Å²) < 4.78 is 5.16. The molecule has 1 aliphatic rings. The van der Waals surface area contributed by atoms with Gasteiger partial charge in [-0.15, -0.1) is 0 Å². The molecule has 0 aromatic heterocycles. The molecule has 0 radical (unpaired) electrons. The number of nitrogens with one attached hydrogen (secondary N) is 1. The monoisotopic (exact) mass is 203 g/mol. The molecular formula is C12H13NO2. The van der Waals surface area contributed by atoms with Crippen molar-refractivity contribution in [1.82, 2.24) is 5.32 Å². The van der Waals surface area contributed by atoms with E-state index in [9.17, 15) is 4.79 Å². The van der Waals surface area contributed by atoms with Crippen LogP contribution in [0.15, 0.2) is 42.6 Å². The molecule has 0 bridgehead atoms. The molecule has 1 fully saturated rings. The van der Waals surface area contributed by atoms with Crippen LogP contribution >= 0.6 is 0 Å². The summed E-state index contributed by atoms with van der Waals surface area (Å²) in [6, 6.07) is 9.92. The van der Waals surface area contributed by atoms with E-state index in [1.54, 1.807) is 0 Å². The minimum Gasteiger partial charge on any atom is -0.454 e. The summed E-state index contributed by atoms with van der Waals surface area (Å²) in [5, 5.41) is 3.14. The van der Waals surface area contributed by atoms with Gasteiger partial charge < -0.3 is 10.1 Å². The standard InChI is InChI=1S/C12H13NO2/c1-8-12(15-9(2)14)11(13-8)10-6-4-3-5-7-10/h3-7,11-13H,1H2,2H3. The van der Waals surface area contributed by atoms with Crippen molar-refractivity contribution in [2.75, 3.05) is 0 Å². The first-order valence-electron chi connectivity index (χ1n) is 4.86. The zero-order valence-corrected chi connectivity index (χ0v) is 8.57. The molecule has 1 saturated heterocycles. The Kier molecular flexibility index (Phi) is 2.46. The van der Waals surface area contributed by atoms with Crippen LogP contribution in [0.1, 0.15) is 18.5 Å². The van der Waals surface area contributed by atoms with Crippen molar-refractivity contribution in [3.63, 3.8) is 0 Å². The molecule has 1 aliphatic heterocycles. The quantitative estimate of drug-likeness (QED) is 0.744. The third-order valence-electron chi connectivity index (χ3n) is 2.44. The summed E-state index contributed by atoms with van der Waals surface area (Å²) in [5.74, 6) is -0.274. The molecule has 3 nitrogen and oxygen atoms in total. The Morgan fingerprint density at radius 3 is 2.60 bits per heavy atom. The van der Waals surface area contributed by atoms with Crippen LogP contribution in [0.25, 0.3) is 0 Å². The summed E-state index contributed by atoms with van der Waals surface area (Å²) in [5.41, 5.74) is 1.87. The minimum absolute atomic E-state index is 0.0441. The maximum absolute atomic E-state index is 10.9. The van der Waals surface area contributed by atoms with Crippen LogP contribution in [-0.2, 0) is 9.53 Å². The van der Waals surface area contributed by atoms with Gasteiger partial charge in [-0.25, -0.2) is 0 Å². The number of hydrogen-bond acceptors (Lipinski definition) is 3. The van der Waals surface area contributed by atoms with E-state index < -0.39 is 0 Å². The maximum Gasteiger partial charge on any atom is 0.303 e. The fraction of sp³-hybridized carbons (Fsp3) is 0.250. The van der Waals surface area contributed by atoms with Gasteiger partial charge in [0, 0.05) is 12.6 Å². The lowest BCUT2D eigenvalue weighted by atomic mass is 9.92. The lowest BCUT2D eigenvalue weighted by Gasteiger charge is -2.40. The van der Waals surface area contributed by atoms with Gasteiger partial charge in [-0.2, -0.15) is 0 Å². The van der Waals surface area contributed by atoms with Gasteiger partial charge in [-0.3, -0.25) is 4.79 Å². The summed E-state index contributed by atoms with van der Waals surface area (Å²) in [6.07, 6.45) is -0.232. The molecule has 2 rings (SSSR count). The molecule has 15 heavy (non-hydrogen) atoms. The second kappa shape index (κ2) is 3.77. The highest BCUT2D eigenvalue weighted by Crippen LogP contribution is 2.32. The predicted octanol–water partition coefficient (Wildman–Crippen LogP) is 1.78.